The summed E-state index contributed by atoms with van der Waals surface area (Å²) in [6.45, 7) is 15.2. The molecule has 2 aliphatic heterocycles. The molecule has 0 unspecified atom stereocenters. The summed E-state index contributed by atoms with van der Waals surface area (Å²) in [7, 11) is 2.08. The number of fused-ring (bicyclic) bond motifs is 1. The highest BCUT2D eigenvalue weighted by Gasteiger charge is 2.44. The molecule has 2 fully saturated rings. The summed E-state index contributed by atoms with van der Waals surface area (Å²) in [5, 5.41) is 22.1. The Labute approximate surface area is 287 Å². The quantitative estimate of drug-likeness (QED) is 0.293. The summed E-state index contributed by atoms with van der Waals surface area (Å²) in [6, 6.07) is 3.81. The summed E-state index contributed by atoms with van der Waals surface area (Å²) < 4.78 is 12.0. The van der Waals surface area contributed by atoms with Crippen LogP contribution in [0.1, 0.15) is 95.8 Å². The molecule has 2 aromatic rings. The second kappa shape index (κ2) is 13.5. The number of thiophene rings is 1. The maximum atomic E-state index is 14.0. The molecular weight excluding hydrogens is 630 g/mol. The molecule has 48 heavy (non-hydrogen) atoms. The van der Waals surface area contributed by atoms with Crippen molar-refractivity contribution < 1.29 is 19.1 Å². The minimum absolute atomic E-state index is 0.118. The van der Waals surface area contributed by atoms with E-state index in [0.29, 0.717) is 41.5 Å². The van der Waals surface area contributed by atoms with Crippen LogP contribution in [0.3, 0.4) is 0 Å². The standard InChI is InChI=1S/C34H49N9O4S/c1-19-17-42(18-20(2)43(19)32(45)47-33(4,5)6)26-15-23(38-31(39-26)46-21(3)24-11-10-14-41(24)8)28(36)40-30(44)34(7)13-9-12-25-27(34)22(16-35)29(37)48-25/h15,19-21,24H,9-14,17-18,37H2,1-8H3,(H2,36,40,44)/t19-,20-,21+,24+,34+/m1/s1. The monoisotopic (exact) mass is 679 g/mol. The van der Waals surface area contributed by atoms with Crippen molar-refractivity contribution in [1.29, 1.82) is 10.7 Å². The molecule has 5 atom stereocenters. The lowest BCUT2D eigenvalue weighted by atomic mass is 9.72. The molecule has 2 saturated heterocycles. The van der Waals surface area contributed by atoms with Crippen LogP contribution < -0.4 is 20.7 Å². The summed E-state index contributed by atoms with van der Waals surface area (Å²) in [4.78, 5) is 43.5. The fourth-order valence-corrected chi connectivity index (χ4v) is 8.54. The average molecular weight is 680 g/mol. The van der Waals surface area contributed by atoms with Crippen LogP contribution in [0.15, 0.2) is 6.07 Å². The topological polar surface area (TPSA) is 174 Å². The first-order valence-corrected chi connectivity index (χ1v) is 17.6. The number of aromatic nitrogens is 2. The largest absolute Gasteiger partial charge is 0.459 e. The predicted molar refractivity (Wildman–Crippen MR) is 186 cm³/mol. The minimum Gasteiger partial charge on any atom is -0.459 e. The number of hydrogen-bond donors (Lipinski definition) is 3. The number of aryl methyl sites for hydroxylation is 1. The number of hydrogen-bond acceptors (Lipinski definition) is 12. The van der Waals surface area contributed by atoms with Crippen molar-refractivity contribution in [2.45, 2.75) is 116 Å². The van der Waals surface area contributed by atoms with Gasteiger partial charge in [0.05, 0.1) is 23.1 Å². The number of carbonyl (C=O) groups is 2. The SMILES string of the molecule is C[C@H](Oc1nc(C(=N)NC(=O)[C@@]2(C)CCCc3sc(N)c(C#N)c32)cc(N2C[C@@H](C)N(C(=O)OC(C)(C)C)[C@H](C)C2)n1)[C@@H]1CCCN1C. The van der Waals surface area contributed by atoms with Crippen LogP contribution in [0.5, 0.6) is 6.01 Å². The Morgan fingerprint density at radius 2 is 1.92 bits per heavy atom. The highest BCUT2D eigenvalue weighted by molar-refractivity contribution is 7.16. The molecule has 2 aromatic heterocycles. The first-order valence-electron chi connectivity index (χ1n) is 16.8. The van der Waals surface area contributed by atoms with E-state index >= 15 is 0 Å². The number of carbonyl (C=O) groups excluding carboxylic acids is 2. The Hall–Kier alpha value is -3.96. The molecule has 0 saturated carbocycles. The number of nitrogens with zero attached hydrogens (tertiary/aromatic N) is 6. The lowest BCUT2D eigenvalue weighted by Gasteiger charge is -2.45. The number of amidine groups is 1. The molecule has 0 aromatic carbocycles. The zero-order chi connectivity index (χ0) is 35.1. The molecule has 1 aliphatic carbocycles. The van der Waals surface area contributed by atoms with Gasteiger partial charge in [-0.25, -0.2) is 4.79 Å². The number of likely N-dealkylation sites (tertiary alicyclic amines) is 1. The number of rotatable bonds is 6. The number of nitriles is 1. The first kappa shape index (κ1) is 35.3. The van der Waals surface area contributed by atoms with Crippen molar-refractivity contribution >= 4 is 40.0 Å². The number of amides is 2. The van der Waals surface area contributed by atoms with Crippen LogP contribution >= 0.6 is 11.3 Å². The molecule has 0 bridgehead atoms. The molecule has 2 amide bonds. The summed E-state index contributed by atoms with van der Waals surface area (Å²) in [5.74, 6) is -0.0470. The zero-order valence-electron chi connectivity index (χ0n) is 29.3. The van der Waals surface area contributed by atoms with E-state index < -0.39 is 11.0 Å². The third kappa shape index (κ3) is 7.08. The number of nitrogens with one attached hydrogen (secondary N) is 2. The van der Waals surface area contributed by atoms with E-state index in [9.17, 15) is 14.9 Å². The van der Waals surface area contributed by atoms with Crippen molar-refractivity contribution in [3.05, 3.63) is 27.8 Å². The van der Waals surface area contributed by atoms with Gasteiger partial charge in [-0.05, 0) is 94.2 Å². The van der Waals surface area contributed by atoms with Crippen LogP contribution in [-0.2, 0) is 21.4 Å². The van der Waals surface area contributed by atoms with E-state index in [2.05, 4.69) is 33.2 Å². The predicted octanol–water partition coefficient (Wildman–Crippen LogP) is 4.42. The number of nitrogen functional groups attached to an aromatic ring is 1. The van der Waals surface area contributed by atoms with E-state index in [4.69, 9.17) is 25.6 Å². The maximum Gasteiger partial charge on any atom is 0.410 e. The zero-order valence-corrected chi connectivity index (χ0v) is 30.2. The van der Waals surface area contributed by atoms with Crippen LogP contribution in [-0.4, -0.2) is 94.1 Å². The van der Waals surface area contributed by atoms with E-state index in [-0.39, 0.29) is 53.8 Å². The summed E-state index contributed by atoms with van der Waals surface area (Å²) in [6.07, 6.45) is 3.56. The third-order valence-corrected chi connectivity index (χ3v) is 10.8. The fraction of sp³-hybridized carbons (Fsp3) is 0.647. The number of likely N-dealkylation sites (N-methyl/N-ethyl adjacent to an activating group) is 1. The van der Waals surface area contributed by atoms with Crippen LogP contribution in [0.4, 0.5) is 15.6 Å². The number of ether oxygens (including phenoxy) is 2. The van der Waals surface area contributed by atoms with E-state index in [1.165, 1.54) is 11.3 Å². The molecule has 13 nitrogen and oxygen atoms in total. The van der Waals surface area contributed by atoms with Crippen molar-refractivity contribution in [2.75, 3.05) is 37.3 Å². The van der Waals surface area contributed by atoms with Crippen molar-refractivity contribution in [1.82, 2.24) is 25.1 Å². The van der Waals surface area contributed by atoms with Gasteiger partial charge in [0.25, 0.3) is 0 Å². The van der Waals surface area contributed by atoms with Gasteiger partial charge in [0.1, 0.15) is 34.3 Å². The second-order valence-corrected chi connectivity index (χ2v) is 15.8. The van der Waals surface area contributed by atoms with Crippen LogP contribution in [0.25, 0.3) is 0 Å². The molecule has 0 spiro atoms. The van der Waals surface area contributed by atoms with E-state index in [0.717, 1.165) is 37.1 Å². The average Bonchev–Trinajstić information content (AvgIpc) is 3.58. The fourth-order valence-electron chi connectivity index (χ4n) is 7.35. The van der Waals surface area contributed by atoms with Gasteiger partial charge in [-0.1, -0.05) is 0 Å². The lowest BCUT2D eigenvalue weighted by molar-refractivity contribution is -0.125. The lowest BCUT2D eigenvalue weighted by Crippen LogP contribution is -2.59. The summed E-state index contributed by atoms with van der Waals surface area (Å²) in [5.41, 5.74) is 5.74. The van der Waals surface area contributed by atoms with Gasteiger partial charge in [0.2, 0.25) is 5.91 Å². The van der Waals surface area contributed by atoms with Gasteiger partial charge in [0.15, 0.2) is 5.84 Å². The second-order valence-electron chi connectivity index (χ2n) is 14.7. The van der Waals surface area contributed by atoms with Crippen LogP contribution in [0.2, 0.25) is 0 Å². The normalized spacial score (nSPS) is 25.2. The molecule has 260 valence electrons. The highest BCUT2D eigenvalue weighted by Crippen LogP contribution is 2.45. The molecular formula is C34H49N9O4S. The Kier molecular flexibility index (Phi) is 9.95. The van der Waals surface area contributed by atoms with Gasteiger partial charge in [-0.3, -0.25) is 20.0 Å². The number of anilines is 2. The van der Waals surface area contributed by atoms with Gasteiger partial charge in [0, 0.05) is 35.6 Å². The van der Waals surface area contributed by atoms with Gasteiger partial charge < -0.3 is 25.4 Å². The van der Waals surface area contributed by atoms with Crippen molar-refractivity contribution in [3.63, 3.8) is 0 Å². The Morgan fingerprint density at radius 1 is 1.23 bits per heavy atom. The molecule has 3 aliphatic rings. The van der Waals surface area contributed by atoms with Crippen LogP contribution in [0, 0.1) is 16.7 Å². The number of piperazine rings is 1. The number of nitrogens with two attached hydrogens (primary N) is 1. The van der Waals surface area contributed by atoms with Crippen molar-refractivity contribution in [3.8, 4) is 12.1 Å². The maximum absolute atomic E-state index is 14.0. The highest BCUT2D eigenvalue weighted by atomic mass is 32.1. The Morgan fingerprint density at radius 3 is 2.52 bits per heavy atom. The summed E-state index contributed by atoms with van der Waals surface area (Å²) >= 11 is 1.36. The minimum atomic E-state index is -1.03. The molecule has 14 heteroatoms. The molecule has 0 radical (unpaired) electrons. The van der Waals surface area contributed by atoms with Gasteiger partial charge >= 0.3 is 12.1 Å². The Balaban J connectivity index is 1.43. The van der Waals surface area contributed by atoms with E-state index in [1.54, 1.807) is 11.0 Å². The van der Waals surface area contributed by atoms with Gasteiger partial charge in [-0.15, -0.1) is 11.3 Å². The van der Waals surface area contributed by atoms with Gasteiger partial charge in [-0.2, -0.15) is 15.2 Å². The molecule has 4 heterocycles. The third-order valence-electron chi connectivity index (χ3n) is 9.70. The molecule has 5 rings (SSSR count). The smallest absolute Gasteiger partial charge is 0.410 e. The van der Waals surface area contributed by atoms with E-state index in [1.807, 2.05) is 48.5 Å². The molecule has 4 N–H and O–H groups in total. The Bertz CT molecular complexity index is 1600. The van der Waals surface area contributed by atoms with Crippen molar-refractivity contribution in [2.24, 2.45) is 0 Å². The first-order chi connectivity index (χ1) is 22.5.